The molecule has 0 spiro atoms. The van der Waals surface area contributed by atoms with Gasteiger partial charge in [-0.05, 0) is 32.3 Å². The molecule has 1 fully saturated rings. The van der Waals surface area contributed by atoms with Crippen LogP contribution in [0.15, 0.2) is 30.6 Å². The maximum absolute atomic E-state index is 13.4. The molecular formula is C19H25ClN4O3. The van der Waals surface area contributed by atoms with Crippen molar-refractivity contribution in [3.63, 3.8) is 0 Å². The lowest BCUT2D eigenvalue weighted by atomic mass is 9.99. The standard InChI is InChI=1S/C19H25ClN4O3/c1-22(2)12-17-18(13-10-21-23(3)11-13)24(7-8-27-17)19(25)15-6-5-14(20)9-16(15)26-4/h5-6,9-11,17-18H,7-8,12H2,1-4H3/t17-,18-/m0/s1. The predicted octanol–water partition coefficient (Wildman–Crippen LogP) is 2.23. The molecule has 7 nitrogen and oxygen atoms in total. The van der Waals surface area contributed by atoms with Crippen LogP contribution < -0.4 is 4.74 Å². The monoisotopic (exact) mass is 392 g/mol. The van der Waals surface area contributed by atoms with Gasteiger partial charge < -0.3 is 19.3 Å². The fourth-order valence-electron chi connectivity index (χ4n) is 3.46. The molecule has 27 heavy (non-hydrogen) atoms. The highest BCUT2D eigenvalue weighted by molar-refractivity contribution is 6.30. The molecule has 0 aliphatic carbocycles. The van der Waals surface area contributed by atoms with E-state index in [0.717, 1.165) is 5.56 Å². The maximum Gasteiger partial charge on any atom is 0.258 e. The Kier molecular flexibility index (Phi) is 6.04. The Morgan fingerprint density at radius 2 is 2.22 bits per heavy atom. The van der Waals surface area contributed by atoms with E-state index in [1.165, 1.54) is 7.11 Å². The van der Waals surface area contributed by atoms with Crippen molar-refractivity contribution >= 4 is 17.5 Å². The number of aromatic nitrogens is 2. The number of likely N-dealkylation sites (N-methyl/N-ethyl adjacent to an activating group) is 1. The molecule has 1 saturated heterocycles. The van der Waals surface area contributed by atoms with Gasteiger partial charge in [0.2, 0.25) is 0 Å². The van der Waals surface area contributed by atoms with Gasteiger partial charge in [-0.15, -0.1) is 0 Å². The zero-order chi connectivity index (χ0) is 19.6. The van der Waals surface area contributed by atoms with Gasteiger partial charge in [0.15, 0.2) is 0 Å². The fraction of sp³-hybridized carbons (Fsp3) is 0.474. The second kappa shape index (κ2) is 8.29. The number of benzene rings is 1. The van der Waals surface area contributed by atoms with Gasteiger partial charge in [0.25, 0.3) is 5.91 Å². The molecule has 0 unspecified atom stereocenters. The third-order valence-electron chi connectivity index (χ3n) is 4.62. The highest BCUT2D eigenvalue weighted by Crippen LogP contribution is 2.33. The number of ether oxygens (including phenoxy) is 2. The first kappa shape index (κ1) is 19.7. The molecule has 0 N–H and O–H groups in total. The van der Waals surface area contributed by atoms with Crippen LogP contribution in [0.1, 0.15) is 22.0 Å². The summed E-state index contributed by atoms with van der Waals surface area (Å²) in [6, 6.07) is 4.84. The van der Waals surface area contributed by atoms with Gasteiger partial charge in [-0.1, -0.05) is 11.6 Å². The smallest absolute Gasteiger partial charge is 0.258 e. The van der Waals surface area contributed by atoms with Crippen molar-refractivity contribution in [2.45, 2.75) is 12.1 Å². The van der Waals surface area contributed by atoms with Gasteiger partial charge in [-0.3, -0.25) is 9.48 Å². The number of morpholine rings is 1. The lowest BCUT2D eigenvalue weighted by Gasteiger charge is -2.42. The van der Waals surface area contributed by atoms with E-state index in [0.29, 0.717) is 36.0 Å². The Morgan fingerprint density at radius 3 is 2.85 bits per heavy atom. The van der Waals surface area contributed by atoms with Crippen molar-refractivity contribution in [1.82, 2.24) is 19.6 Å². The number of carbonyl (C=O) groups is 1. The molecule has 3 rings (SSSR count). The zero-order valence-corrected chi connectivity index (χ0v) is 16.8. The number of nitrogens with zero attached hydrogens (tertiary/aromatic N) is 4. The average Bonchev–Trinajstić information content (AvgIpc) is 3.06. The molecule has 0 saturated carbocycles. The van der Waals surface area contributed by atoms with Crippen LogP contribution in [0.3, 0.4) is 0 Å². The number of aryl methyl sites for hydroxylation is 1. The number of methoxy groups -OCH3 is 1. The summed E-state index contributed by atoms with van der Waals surface area (Å²) in [6.07, 6.45) is 3.57. The Morgan fingerprint density at radius 1 is 1.44 bits per heavy atom. The Bertz CT molecular complexity index is 808. The zero-order valence-electron chi connectivity index (χ0n) is 16.1. The van der Waals surface area contributed by atoms with Crippen molar-refractivity contribution in [2.75, 3.05) is 40.9 Å². The van der Waals surface area contributed by atoms with Gasteiger partial charge >= 0.3 is 0 Å². The minimum atomic E-state index is -0.234. The second-order valence-corrected chi connectivity index (χ2v) is 7.34. The van der Waals surface area contributed by atoms with Gasteiger partial charge in [0.1, 0.15) is 5.75 Å². The predicted molar refractivity (Wildman–Crippen MR) is 103 cm³/mol. The van der Waals surface area contributed by atoms with Gasteiger partial charge in [0.05, 0.1) is 37.6 Å². The van der Waals surface area contributed by atoms with Crippen LogP contribution in [0.2, 0.25) is 5.02 Å². The van der Waals surface area contributed by atoms with E-state index in [-0.39, 0.29) is 18.1 Å². The van der Waals surface area contributed by atoms with E-state index in [2.05, 4.69) is 10.00 Å². The molecule has 2 aromatic rings. The second-order valence-electron chi connectivity index (χ2n) is 6.91. The highest BCUT2D eigenvalue weighted by Gasteiger charge is 2.38. The molecule has 2 heterocycles. The summed E-state index contributed by atoms with van der Waals surface area (Å²) >= 11 is 6.05. The van der Waals surface area contributed by atoms with E-state index in [1.54, 1.807) is 29.1 Å². The minimum absolute atomic E-state index is 0.107. The summed E-state index contributed by atoms with van der Waals surface area (Å²) in [4.78, 5) is 17.3. The van der Waals surface area contributed by atoms with E-state index in [4.69, 9.17) is 21.1 Å². The number of carbonyl (C=O) groups excluding carboxylic acids is 1. The summed E-state index contributed by atoms with van der Waals surface area (Å²) in [5.41, 5.74) is 1.44. The Hall–Kier alpha value is -2.09. The summed E-state index contributed by atoms with van der Waals surface area (Å²) in [7, 11) is 7.39. The van der Waals surface area contributed by atoms with Crippen molar-refractivity contribution in [3.8, 4) is 5.75 Å². The molecule has 1 amide bonds. The first-order valence-electron chi connectivity index (χ1n) is 8.80. The van der Waals surface area contributed by atoms with Crippen molar-refractivity contribution in [2.24, 2.45) is 7.05 Å². The Labute approximate surface area is 164 Å². The summed E-state index contributed by atoms with van der Waals surface area (Å²) in [5, 5.41) is 4.81. The van der Waals surface area contributed by atoms with Crippen LogP contribution in [0.4, 0.5) is 0 Å². The lowest BCUT2D eigenvalue weighted by molar-refractivity contribution is -0.0685. The van der Waals surface area contributed by atoms with Crippen LogP contribution >= 0.6 is 11.6 Å². The third-order valence-corrected chi connectivity index (χ3v) is 4.85. The normalized spacial score (nSPS) is 20.1. The van der Waals surface area contributed by atoms with Gasteiger partial charge in [-0.2, -0.15) is 5.10 Å². The van der Waals surface area contributed by atoms with Crippen LogP contribution in [-0.4, -0.2) is 72.5 Å². The van der Waals surface area contributed by atoms with Crippen molar-refractivity contribution in [1.29, 1.82) is 0 Å². The number of halogens is 1. The van der Waals surface area contributed by atoms with Crippen LogP contribution in [-0.2, 0) is 11.8 Å². The summed E-state index contributed by atoms with van der Waals surface area (Å²) in [6.45, 7) is 1.67. The lowest BCUT2D eigenvalue weighted by Crippen LogP contribution is -2.51. The molecule has 0 bridgehead atoms. The molecular weight excluding hydrogens is 368 g/mol. The summed E-state index contributed by atoms with van der Waals surface area (Å²) < 4.78 is 13.2. The molecule has 1 aromatic heterocycles. The van der Waals surface area contributed by atoms with Crippen molar-refractivity contribution in [3.05, 3.63) is 46.7 Å². The minimum Gasteiger partial charge on any atom is -0.496 e. The number of hydrogen-bond donors (Lipinski definition) is 0. The first-order chi connectivity index (χ1) is 12.9. The quantitative estimate of drug-likeness (QED) is 0.780. The molecule has 1 aliphatic rings. The van der Waals surface area contributed by atoms with E-state index >= 15 is 0 Å². The average molecular weight is 393 g/mol. The van der Waals surface area contributed by atoms with Crippen LogP contribution in [0, 0.1) is 0 Å². The maximum atomic E-state index is 13.4. The summed E-state index contributed by atoms with van der Waals surface area (Å²) in [5.74, 6) is 0.359. The molecule has 2 atom stereocenters. The van der Waals surface area contributed by atoms with E-state index in [1.807, 2.05) is 32.2 Å². The van der Waals surface area contributed by atoms with Gasteiger partial charge in [0, 0.05) is 36.9 Å². The van der Waals surface area contributed by atoms with Crippen LogP contribution in [0.25, 0.3) is 0 Å². The topological polar surface area (TPSA) is 59.8 Å². The first-order valence-corrected chi connectivity index (χ1v) is 9.18. The van der Waals surface area contributed by atoms with E-state index in [9.17, 15) is 4.79 Å². The Balaban J connectivity index is 1.99. The largest absolute Gasteiger partial charge is 0.496 e. The molecule has 8 heteroatoms. The van der Waals surface area contributed by atoms with Crippen molar-refractivity contribution < 1.29 is 14.3 Å². The molecule has 1 aromatic carbocycles. The highest BCUT2D eigenvalue weighted by atomic mass is 35.5. The van der Waals surface area contributed by atoms with Crippen LogP contribution in [0.5, 0.6) is 5.75 Å². The molecule has 146 valence electrons. The third kappa shape index (κ3) is 4.26. The number of rotatable bonds is 5. The fourth-order valence-corrected chi connectivity index (χ4v) is 3.62. The molecule has 0 radical (unpaired) electrons. The SMILES string of the molecule is COc1cc(Cl)ccc1C(=O)N1CCO[C@@H](CN(C)C)[C@@H]1c1cnn(C)c1. The van der Waals surface area contributed by atoms with Gasteiger partial charge in [-0.25, -0.2) is 0 Å². The van der Waals surface area contributed by atoms with E-state index < -0.39 is 0 Å². The number of hydrogen-bond acceptors (Lipinski definition) is 5. The number of amides is 1. The molecule has 1 aliphatic heterocycles.